The molecule has 1 aromatic carbocycles. The molecule has 1 N–H and O–H groups in total. The van der Waals surface area contributed by atoms with Crippen LogP contribution in [0.2, 0.25) is 0 Å². The maximum absolute atomic E-state index is 13.7. The molecule has 0 unspecified atom stereocenters. The van der Waals surface area contributed by atoms with Crippen molar-refractivity contribution < 1.29 is 33.4 Å². The van der Waals surface area contributed by atoms with Crippen molar-refractivity contribution in [1.29, 1.82) is 0 Å². The summed E-state index contributed by atoms with van der Waals surface area (Å²) < 4.78 is 16.0. The number of likely N-dealkylation sites (tertiary alicyclic amines) is 1. The third kappa shape index (κ3) is 7.43. The van der Waals surface area contributed by atoms with E-state index >= 15 is 0 Å². The lowest BCUT2D eigenvalue weighted by Crippen LogP contribution is -2.57. The van der Waals surface area contributed by atoms with E-state index in [1.807, 2.05) is 24.3 Å². The SMILES string of the molecule is C=CCCCOC(=O)N[C@H](C(=O)N1C[C@H](OC(=O)N2CCc3c(C=C)cccc3C2)C[C@H]1C(=O)OC)C(C)(C)C. The maximum atomic E-state index is 13.7. The fourth-order valence-electron chi connectivity index (χ4n) is 5.06. The number of unbranched alkanes of at least 4 members (excludes halogenated alkanes) is 1. The number of hydrogen-bond acceptors (Lipinski definition) is 7. The van der Waals surface area contributed by atoms with Crippen LogP contribution in [0.5, 0.6) is 0 Å². The number of nitrogens with one attached hydrogen (secondary N) is 1. The van der Waals surface area contributed by atoms with Gasteiger partial charge in [-0.05, 0) is 41.4 Å². The van der Waals surface area contributed by atoms with Crippen molar-refractivity contribution in [3.63, 3.8) is 0 Å². The second-order valence-electron chi connectivity index (χ2n) is 11.1. The number of carbonyl (C=O) groups excluding carboxylic acids is 4. The number of amides is 3. The van der Waals surface area contributed by atoms with Gasteiger partial charge in [0.2, 0.25) is 5.91 Å². The van der Waals surface area contributed by atoms with Crippen LogP contribution in [0.3, 0.4) is 0 Å². The average Bonchev–Trinajstić information content (AvgIpc) is 3.35. The molecule has 10 heteroatoms. The van der Waals surface area contributed by atoms with Gasteiger partial charge in [-0.25, -0.2) is 14.4 Å². The Bertz CT molecular complexity index is 1130. The lowest BCUT2D eigenvalue weighted by Gasteiger charge is -2.34. The molecule has 0 radical (unpaired) electrons. The second kappa shape index (κ2) is 13.5. The normalized spacial score (nSPS) is 19.2. The first kappa shape index (κ1) is 30.7. The van der Waals surface area contributed by atoms with Crippen LogP contribution in [-0.4, -0.2) is 78.9 Å². The first-order chi connectivity index (χ1) is 19.0. The standard InChI is InChI=1S/C30H41N3O7/c1-7-9-10-16-39-28(36)31-25(30(3,4)5)26(34)33-19-22(17-24(33)27(35)38-6)40-29(37)32-15-14-23-20(8-2)12-11-13-21(23)18-32/h7-8,11-13,22,24-25H,1-2,9-10,14-19H2,3-6H3,(H,31,36)/t22-,24+,25-/m1/s1. The van der Waals surface area contributed by atoms with Crippen LogP contribution in [-0.2, 0) is 36.8 Å². The van der Waals surface area contributed by atoms with Gasteiger partial charge in [0.1, 0.15) is 18.2 Å². The fraction of sp³-hybridized carbons (Fsp3) is 0.533. The third-order valence-electron chi connectivity index (χ3n) is 7.23. The van der Waals surface area contributed by atoms with Gasteiger partial charge in [0.25, 0.3) is 0 Å². The van der Waals surface area contributed by atoms with Gasteiger partial charge in [-0.2, -0.15) is 0 Å². The Hall–Kier alpha value is -3.82. The summed E-state index contributed by atoms with van der Waals surface area (Å²) >= 11 is 0. The first-order valence-corrected chi connectivity index (χ1v) is 13.6. The van der Waals surface area contributed by atoms with Crippen molar-refractivity contribution >= 4 is 30.1 Å². The number of allylic oxidation sites excluding steroid dienone is 1. The van der Waals surface area contributed by atoms with Crippen molar-refractivity contribution in [2.75, 3.05) is 26.8 Å². The predicted molar refractivity (Wildman–Crippen MR) is 150 cm³/mol. The number of alkyl carbamates (subject to hydrolysis) is 1. The van der Waals surface area contributed by atoms with E-state index in [0.717, 1.165) is 11.1 Å². The molecular formula is C30H41N3O7. The van der Waals surface area contributed by atoms with E-state index in [4.69, 9.17) is 14.2 Å². The molecule has 0 aliphatic carbocycles. The van der Waals surface area contributed by atoms with Gasteiger partial charge in [0, 0.05) is 19.5 Å². The number of methoxy groups -OCH3 is 1. The minimum atomic E-state index is -0.987. The molecule has 3 atom stereocenters. The Labute approximate surface area is 236 Å². The first-order valence-electron chi connectivity index (χ1n) is 13.6. The highest BCUT2D eigenvalue weighted by Gasteiger charge is 2.47. The molecule has 2 aliphatic heterocycles. The summed E-state index contributed by atoms with van der Waals surface area (Å²) in [4.78, 5) is 54.9. The number of hydrogen-bond donors (Lipinski definition) is 1. The Morgan fingerprint density at radius 1 is 1.20 bits per heavy atom. The maximum Gasteiger partial charge on any atom is 0.410 e. The van der Waals surface area contributed by atoms with Crippen LogP contribution in [0.25, 0.3) is 6.08 Å². The molecule has 2 aliphatic rings. The molecule has 0 bridgehead atoms. The van der Waals surface area contributed by atoms with E-state index in [1.54, 1.807) is 31.7 Å². The molecule has 3 amide bonds. The zero-order valence-electron chi connectivity index (χ0n) is 23.9. The number of benzene rings is 1. The van der Waals surface area contributed by atoms with Crippen LogP contribution < -0.4 is 5.32 Å². The molecule has 0 spiro atoms. The molecule has 0 aromatic heterocycles. The van der Waals surface area contributed by atoms with Crippen LogP contribution in [0.1, 0.15) is 56.7 Å². The Morgan fingerprint density at radius 3 is 2.60 bits per heavy atom. The molecule has 3 rings (SSSR count). The van der Waals surface area contributed by atoms with Gasteiger partial charge in [0.15, 0.2) is 0 Å². The van der Waals surface area contributed by atoms with Crippen molar-refractivity contribution in [1.82, 2.24) is 15.1 Å². The van der Waals surface area contributed by atoms with E-state index < -0.39 is 47.7 Å². The van der Waals surface area contributed by atoms with E-state index in [2.05, 4.69) is 18.5 Å². The summed E-state index contributed by atoms with van der Waals surface area (Å²) in [6, 6.07) is 3.97. The Balaban J connectivity index is 1.70. The molecule has 40 heavy (non-hydrogen) atoms. The van der Waals surface area contributed by atoms with Crippen LogP contribution in [0, 0.1) is 5.41 Å². The van der Waals surface area contributed by atoms with Gasteiger partial charge in [-0.15, -0.1) is 6.58 Å². The van der Waals surface area contributed by atoms with Crippen molar-refractivity contribution in [3.8, 4) is 0 Å². The van der Waals surface area contributed by atoms with Crippen LogP contribution in [0.15, 0.2) is 37.4 Å². The molecule has 10 nitrogen and oxygen atoms in total. The molecule has 1 saturated heterocycles. The summed E-state index contributed by atoms with van der Waals surface area (Å²) in [7, 11) is 1.24. The summed E-state index contributed by atoms with van der Waals surface area (Å²) in [5.74, 6) is -1.09. The quantitative estimate of drug-likeness (QED) is 0.211. The van der Waals surface area contributed by atoms with E-state index in [9.17, 15) is 19.2 Å². The Morgan fingerprint density at radius 2 is 1.95 bits per heavy atom. The molecule has 1 aromatic rings. The topological polar surface area (TPSA) is 114 Å². The van der Waals surface area contributed by atoms with Crippen molar-refractivity contribution in [2.45, 2.75) is 71.2 Å². The average molecular weight is 556 g/mol. The molecule has 1 fully saturated rings. The number of fused-ring (bicyclic) bond motifs is 1. The van der Waals surface area contributed by atoms with Gasteiger partial charge in [-0.3, -0.25) is 4.79 Å². The highest BCUT2D eigenvalue weighted by molar-refractivity contribution is 5.91. The third-order valence-corrected chi connectivity index (χ3v) is 7.23. The lowest BCUT2D eigenvalue weighted by atomic mass is 9.85. The highest BCUT2D eigenvalue weighted by Crippen LogP contribution is 2.29. The van der Waals surface area contributed by atoms with Crippen molar-refractivity contribution in [2.24, 2.45) is 5.41 Å². The molecule has 0 saturated carbocycles. The highest BCUT2D eigenvalue weighted by atomic mass is 16.6. The van der Waals surface area contributed by atoms with Gasteiger partial charge < -0.3 is 29.3 Å². The van der Waals surface area contributed by atoms with Gasteiger partial charge >= 0.3 is 18.2 Å². The Kier molecular flexibility index (Phi) is 10.4. The zero-order valence-corrected chi connectivity index (χ0v) is 23.9. The van der Waals surface area contributed by atoms with E-state index in [1.165, 1.54) is 17.6 Å². The number of rotatable bonds is 9. The largest absolute Gasteiger partial charge is 0.467 e. The monoisotopic (exact) mass is 555 g/mol. The minimum Gasteiger partial charge on any atom is -0.467 e. The second-order valence-corrected chi connectivity index (χ2v) is 11.1. The summed E-state index contributed by atoms with van der Waals surface area (Å²) in [5, 5.41) is 2.66. The predicted octanol–water partition coefficient (Wildman–Crippen LogP) is 4.07. The summed E-state index contributed by atoms with van der Waals surface area (Å²) in [5.41, 5.74) is 2.56. The molecular weight excluding hydrogens is 514 g/mol. The minimum absolute atomic E-state index is 0.00196. The smallest absolute Gasteiger partial charge is 0.410 e. The molecule has 2 heterocycles. The van der Waals surface area contributed by atoms with Gasteiger partial charge in [-0.1, -0.05) is 57.7 Å². The number of ether oxygens (including phenoxy) is 3. The van der Waals surface area contributed by atoms with Crippen LogP contribution >= 0.6 is 0 Å². The van der Waals surface area contributed by atoms with E-state index in [0.29, 0.717) is 32.4 Å². The number of esters is 1. The van der Waals surface area contributed by atoms with Crippen LogP contribution in [0.4, 0.5) is 9.59 Å². The van der Waals surface area contributed by atoms with E-state index in [-0.39, 0.29) is 19.6 Å². The van der Waals surface area contributed by atoms with Gasteiger partial charge in [0.05, 0.1) is 20.3 Å². The van der Waals surface area contributed by atoms with Crippen molar-refractivity contribution in [3.05, 3.63) is 54.1 Å². The number of nitrogens with zero attached hydrogens (tertiary/aromatic N) is 2. The summed E-state index contributed by atoms with van der Waals surface area (Å²) in [6.07, 6.45) is 3.68. The number of carbonyl (C=O) groups is 4. The lowest BCUT2D eigenvalue weighted by molar-refractivity contribution is -0.152. The molecule has 218 valence electrons. The summed E-state index contributed by atoms with van der Waals surface area (Å²) in [6.45, 7) is 14.0. The zero-order chi connectivity index (χ0) is 29.4. The fourth-order valence-corrected chi connectivity index (χ4v) is 5.06.